The van der Waals surface area contributed by atoms with E-state index in [1.54, 1.807) is 12.1 Å². The molecule has 0 saturated carbocycles. The Balaban J connectivity index is 2.64. The average Bonchev–Trinajstić information content (AvgIpc) is 2.25. The highest BCUT2D eigenvalue weighted by molar-refractivity contribution is 5.99. The molecule has 0 aliphatic rings. The molecular formula is C11H16N4O2. The second kappa shape index (κ2) is 5.74. The molecule has 0 radical (unpaired) electrons. The zero-order valence-corrected chi connectivity index (χ0v) is 9.40. The summed E-state index contributed by atoms with van der Waals surface area (Å²) in [6.07, 6.45) is 0.895. The van der Waals surface area contributed by atoms with E-state index in [0.29, 0.717) is 36.3 Å². The summed E-state index contributed by atoms with van der Waals surface area (Å²) < 4.78 is 0. The summed E-state index contributed by atoms with van der Waals surface area (Å²) in [5, 5.41) is 3.01. The Morgan fingerprint density at radius 2 is 1.94 bits per heavy atom. The molecule has 0 saturated heterocycles. The number of anilines is 2. The van der Waals surface area contributed by atoms with Crippen molar-refractivity contribution in [2.45, 2.75) is 12.8 Å². The molecule has 6 heteroatoms. The van der Waals surface area contributed by atoms with Crippen molar-refractivity contribution in [3.05, 3.63) is 23.8 Å². The van der Waals surface area contributed by atoms with E-state index < -0.39 is 5.91 Å². The van der Waals surface area contributed by atoms with Gasteiger partial charge < -0.3 is 22.5 Å². The second-order valence-corrected chi connectivity index (χ2v) is 3.67. The number of primary amides is 2. The van der Waals surface area contributed by atoms with E-state index in [2.05, 4.69) is 5.32 Å². The quantitative estimate of drug-likeness (QED) is 0.411. The summed E-state index contributed by atoms with van der Waals surface area (Å²) in [4.78, 5) is 21.7. The van der Waals surface area contributed by atoms with Gasteiger partial charge in [-0.2, -0.15) is 0 Å². The predicted octanol–water partition coefficient (Wildman–Crippen LogP) is 0.0451. The minimum atomic E-state index is -0.547. The molecule has 0 aromatic heterocycles. The summed E-state index contributed by atoms with van der Waals surface area (Å²) >= 11 is 0. The smallest absolute Gasteiger partial charge is 0.250 e. The number of benzene rings is 1. The molecule has 0 atom stereocenters. The SMILES string of the molecule is NC(=O)CCCNc1ccc(N)cc1C(N)=O. The lowest BCUT2D eigenvalue weighted by Crippen LogP contribution is -2.16. The lowest BCUT2D eigenvalue weighted by atomic mass is 10.1. The van der Waals surface area contributed by atoms with E-state index >= 15 is 0 Å². The third kappa shape index (κ3) is 4.02. The van der Waals surface area contributed by atoms with Gasteiger partial charge in [-0.25, -0.2) is 0 Å². The maximum Gasteiger partial charge on any atom is 0.250 e. The maximum absolute atomic E-state index is 11.2. The minimum Gasteiger partial charge on any atom is -0.399 e. The van der Waals surface area contributed by atoms with Crippen LogP contribution in [0.3, 0.4) is 0 Å². The van der Waals surface area contributed by atoms with Crippen molar-refractivity contribution >= 4 is 23.2 Å². The van der Waals surface area contributed by atoms with Crippen LogP contribution >= 0.6 is 0 Å². The van der Waals surface area contributed by atoms with Crippen molar-refractivity contribution in [2.75, 3.05) is 17.6 Å². The molecule has 1 aromatic carbocycles. The van der Waals surface area contributed by atoms with Crippen LogP contribution in [0, 0.1) is 0 Å². The first kappa shape index (κ1) is 12.8. The van der Waals surface area contributed by atoms with Gasteiger partial charge in [-0.15, -0.1) is 0 Å². The third-order valence-corrected chi connectivity index (χ3v) is 2.22. The molecule has 0 aliphatic heterocycles. The first-order valence-electron chi connectivity index (χ1n) is 5.22. The summed E-state index contributed by atoms with van der Waals surface area (Å²) in [7, 11) is 0. The number of hydrogen-bond acceptors (Lipinski definition) is 4. The number of hydrogen-bond donors (Lipinski definition) is 4. The number of carbonyl (C=O) groups is 2. The summed E-state index contributed by atoms with van der Waals surface area (Å²) in [6, 6.07) is 4.86. The molecule has 1 rings (SSSR count). The Hall–Kier alpha value is -2.24. The Morgan fingerprint density at radius 3 is 2.53 bits per heavy atom. The van der Waals surface area contributed by atoms with E-state index in [4.69, 9.17) is 17.2 Å². The van der Waals surface area contributed by atoms with Crippen LogP contribution in [0.25, 0.3) is 0 Å². The fourth-order valence-corrected chi connectivity index (χ4v) is 1.41. The molecule has 0 spiro atoms. The van der Waals surface area contributed by atoms with Crippen LogP contribution in [0.4, 0.5) is 11.4 Å². The largest absolute Gasteiger partial charge is 0.399 e. The van der Waals surface area contributed by atoms with E-state index in [1.165, 1.54) is 6.07 Å². The van der Waals surface area contributed by atoms with Gasteiger partial charge in [0.2, 0.25) is 5.91 Å². The van der Waals surface area contributed by atoms with Crippen LogP contribution in [0.15, 0.2) is 18.2 Å². The minimum absolute atomic E-state index is 0.299. The van der Waals surface area contributed by atoms with E-state index in [0.717, 1.165) is 0 Å². The number of nitrogens with one attached hydrogen (secondary N) is 1. The van der Waals surface area contributed by atoms with E-state index in [9.17, 15) is 9.59 Å². The Kier molecular flexibility index (Phi) is 4.33. The van der Waals surface area contributed by atoms with Gasteiger partial charge in [-0.1, -0.05) is 0 Å². The predicted molar refractivity (Wildman–Crippen MR) is 66.3 cm³/mol. The normalized spacial score (nSPS) is 9.88. The highest BCUT2D eigenvalue weighted by Crippen LogP contribution is 2.18. The molecular weight excluding hydrogens is 220 g/mol. The molecule has 0 bridgehead atoms. The van der Waals surface area contributed by atoms with Gasteiger partial charge in [0.15, 0.2) is 0 Å². The summed E-state index contributed by atoms with van der Waals surface area (Å²) in [5.41, 5.74) is 17.2. The van der Waals surface area contributed by atoms with Gasteiger partial charge >= 0.3 is 0 Å². The van der Waals surface area contributed by atoms with Crippen LogP contribution in [0.2, 0.25) is 0 Å². The van der Waals surface area contributed by atoms with Crippen molar-refractivity contribution < 1.29 is 9.59 Å². The zero-order valence-electron chi connectivity index (χ0n) is 9.40. The Bertz CT molecular complexity index is 431. The first-order chi connectivity index (χ1) is 8.00. The van der Waals surface area contributed by atoms with Crippen molar-refractivity contribution in [1.82, 2.24) is 0 Å². The second-order valence-electron chi connectivity index (χ2n) is 3.67. The first-order valence-corrected chi connectivity index (χ1v) is 5.22. The zero-order chi connectivity index (χ0) is 12.8. The fraction of sp³-hybridized carbons (Fsp3) is 0.273. The van der Waals surface area contributed by atoms with Crippen molar-refractivity contribution in [3.63, 3.8) is 0 Å². The van der Waals surface area contributed by atoms with Gasteiger partial charge in [0.25, 0.3) is 5.91 Å². The molecule has 7 N–H and O–H groups in total. The van der Waals surface area contributed by atoms with Crippen LogP contribution in [-0.2, 0) is 4.79 Å². The van der Waals surface area contributed by atoms with Crippen LogP contribution in [0.1, 0.15) is 23.2 Å². The van der Waals surface area contributed by atoms with Gasteiger partial charge in [0, 0.05) is 24.3 Å². The molecule has 6 nitrogen and oxygen atoms in total. The van der Waals surface area contributed by atoms with E-state index in [-0.39, 0.29) is 5.91 Å². The lowest BCUT2D eigenvalue weighted by molar-refractivity contribution is -0.118. The van der Waals surface area contributed by atoms with Crippen molar-refractivity contribution in [2.24, 2.45) is 11.5 Å². The molecule has 0 unspecified atom stereocenters. The highest BCUT2D eigenvalue weighted by Gasteiger charge is 2.08. The Labute approximate surface area is 99.1 Å². The number of nitrogen functional groups attached to an aromatic ring is 1. The molecule has 17 heavy (non-hydrogen) atoms. The van der Waals surface area contributed by atoms with Crippen LogP contribution in [-0.4, -0.2) is 18.4 Å². The van der Waals surface area contributed by atoms with Crippen LogP contribution in [0.5, 0.6) is 0 Å². The average molecular weight is 236 g/mol. The molecule has 92 valence electrons. The lowest BCUT2D eigenvalue weighted by Gasteiger charge is -2.10. The topological polar surface area (TPSA) is 124 Å². The number of carbonyl (C=O) groups excluding carboxylic acids is 2. The molecule has 2 amide bonds. The third-order valence-electron chi connectivity index (χ3n) is 2.22. The standard InChI is InChI=1S/C11H16N4O2/c12-7-3-4-9(8(6-7)11(14)17)15-5-1-2-10(13)16/h3-4,6,15H,1-2,5,12H2,(H2,13,16)(H2,14,17). The molecule has 0 aliphatic carbocycles. The van der Waals surface area contributed by atoms with Crippen molar-refractivity contribution in [1.29, 1.82) is 0 Å². The number of amides is 2. The molecule has 0 heterocycles. The number of nitrogens with two attached hydrogens (primary N) is 3. The fourth-order valence-electron chi connectivity index (χ4n) is 1.41. The van der Waals surface area contributed by atoms with Gasteiger partial charge in [0.1, 0.15) is 0 Å². The highest BCUT2D eigenvalue weighted by atomic mass is 16.1. The van der Waals surface area contributed by atoms with Crippen LogP contribution < -0.4 is 22.5 Å². The van der Waals surface area contributed by atoms with Gasteiger partial charge in [-0.3, -0.25) is 9.59 Å². The van der Waals surface area contributed by atoms with Gasteiger partial charge in [0.05, 0.1) is 5.56 Å². The monoisotopic (exact) mass is 236 g/mol. The van der Waals surface area contributed by atoms with E-state index in [1.807, 2.05) is 0 Å². The Morgan fingerprint density at radius 1 is 1.24 bits per heavy atom. The number of rotatable bonds is 6. The maximum atomic E-state index is 11.2. The molecule has 1 aromatic rings. The van der Waals surface area contributed by atoms with Crippen molar-refractivity contribution in [3.8, 4) is 0 Å². The molecule has 0 fully saturated rings. The van der Waals surface area contributed by atoms with Gasteiger partial charge in [-0.05, 0) is 24.6 Å². The summed E-state index contributed by atoms with van der Waals surface area (Å²) in [6.45, 7) is 0.535. The summed E-state index contributed by atoms with van der Waals surface area (Å²) in [5.74, 6) is -0.895.